The first-order valence-corrected chi connectivity index (χ1v) is 22.3. The third-order valence-electron chi connectivity index (χ3n) is 12.5. The van der Waals surface area contributed by atoms with Gasteiger partial charge in [0.05, 0.1) is 22.0 Å². The zero-order chi connectivity index (χ0) is 40.5. The second-order valence-corrected chi connectivity index (χ2v) is 17.8. The van der Waals surface area contributed by atoms with Crippen LogP contribution in [0.5, 0.6) is 5.75 Å². The summed E-state index contributed by atoms with van der Waals surface area (Å²) >= 11 is 6.79. The number of halogens is 2. The molecule has 2 aromatic carbocycles. The average Bonchev–Trinajstić information content (AvgIpc) is 3.38. The highest BCUT2D eigenvalue weighted by molar-refractivity contribution is 9.11. The van der Waals surface area contributed by atoms with E-state index in [1.54, 1.807) is 24.0 Å². The van der Waals surface area contributed by atoms with Gasteiger partial charge in [-0.2, -0.15) is 0 Å². The Morgan fingerprint density at radius 3 is 2.09 bits per heavy atom. The van der Waals surface area contributed by atoms with Crippen molar-refractivity contribution in [2.75, 3.05) is 51.2 Å². The number of carbonyl (C=O) groups is 5. The van der Waals surface area contributed by atoms with Gasteiger partial charge in [0.15, 0.2) is 6.10 Å². The summed E-state index contributed by atoms with van der Waals surface area (Å²) < 4.78 is 12.0. The van der Waals surface area contributed by atoms with E-state index in [-0.39, 0.29) is 54.6 Å². The Kier molecular flexibility index (Phi) is 15.3. The number of rotatable bonds is 12. The van der Waals surface area contributed by atoms with E-state index in [0.29, 0.717) is 72.6 Å². The van der Waals surface area contributed by atoms with Crippen LogP contribution in [-0.4, -0.2) is 102 Å². The molecule has 6 rings (SSSR count). The Balaban J connectivity index is 0.992. The van der Waals surface area contributed by atoms with Crippen molar-refractivity contribution in [1.29, 1.82) is 0 Å². The molecule has 4 amide bonds. The fraction of sp³-hybridized carbons (Fsp3) is 0.605. The van der Waals surface area contributed by atoms with Crippen LogP contribution >= 0.6 is 31.9 Å². The number of nitrogens with one attached hydrogen (secondary N) is 1. The van der Waals surface area contributed by atoms with Gasteiger partial charge < -0.3 is 34.6 Å². The van der Waals surface area contributed by atoms with Gasteiger partial charge in [-0.25, -0.2) is 4.79 Å². The fourth-order valence-electron chi connectivity index (χ4n) is 9.01. The molecule has 4 aliphatic rings. The summed E-state index contributed by atoms with van der Waals surface area (Å²) in [5.41, 5.74) is 2.83. The molecule has 12 nitrogen and oxygen atoms in total. The second kappa shape index (κ2) is 20.4. The van der Waals surface area contributed by atoms with E-state index < -0.39 is 12.2 Å². The van der Waals surface area contributed by atoms with E-state index in [1.165, 1.54) is 5.56 Å². The lowest BCUT2D eigenvalue weighted by atomic mass is 9.78. The maximum absolute atomic E-state index is 14.2. The molecule has 4 aliphatic heterocycles. The van der Waals surface area contributed by atoms with Crippen LogP contribution in [0.4, 0.5) is 10.5 Å². The van der Waals surface area contributed by atoms with Crippen LogP contribution in [0.1, 0.15) is 88.7 Å². The van der Waals surface area contributed by atoms with Gasteiger partial charge in [-0.15, -0.1) is 0 Å². The topological polar surface area (TPSA) is 146 Å². The van der Waals surface area contributed by atoms with Gasteiger partial charge in [0.1, 0.15) is 5.75 Å². The van der Waals surface area contributed by atoms with Crippen LogP contribution < -0.4 is 5.32 Å². The number of esters is 1. The Morgan fingerprint density at radius 2 is 1.44 bits per heavy atom. The number of aryl methyl sites for hydroxylation is 1. The Bertz CT molecular complexity index is 1730. The van der Waals surface area contributed by atoms with Crippen LogP contribution in [0.2, 0.25) is 0 Å². The largest absolute Gasteiger partial charge is 0.506 e. The number of hydrogen-bond acceptors (Lipinski definition) is 8. The predicted molar refractivity (Wildman–Crippen MR) is 222 cm³/mol. The lowest BCUT2D eigenvalue weighted by Crippen LogP contribution is -2.49. The number of benzene rings is 2. The summed E-state index contributed by atoms with van der Waals surface area (Å²) in [5, 5.41) is 13.4. The number of ether oxygens (including phenoxy) is 2. The number of fused-ring (bicyclic) bond motifs is 1. The zero-order valence-electron chi connectivity index (χ0n) is 32.9. The van der Waals surface area contributed by atoms with E-state index >= 15 is 0 Å². The van der Waals surface area contributed by atoms with Gasteiger partial charge in [0, 0.05) is 63.7 Å². The van der Waals surface area contributed by atoms with Crippen LogP contribution in [0.3, 0.4) is 0 Å². The summed E-state index contributed by atoms with van der Waals surface area (Å²) in [4.78, 5) is 70.6. The maximum atomic E-state index is 14.2. The van der Waals surface area contributed by atoms with Crippen molar-refractivity contribution >= 4 is 67.3 Å². The zero-order valence-corrected chi connectivity index (χ0v) is 36.1. The quantitative estimate of drug-likeness (QED) is 0.209. The van der Waals surface area contributed by atoms with E-state index in [9.17, 15) is 29.1 Å². The number of para-hydroxylation sites is 1. The molecule has 2 atom stereocenters. The highest BCUT2D eigenvalue weighted by atomic mass is 79.9. The van der Waals surface area contributed by atoms with Crippen molar-refractivity contribution in [3.8, 4) is 5.75 Å². The van der Waals surface area contributed by atoms with Gasteiger partial charge in [0.25, 0.3) is 5.91 Å². The number of phenolic OH excluding ortho intramolecular Hbond substituents is 1. The Labute approximate surface area is 352 Å². The van der Waals surface area contributed by atoms with Gasteiger partial charge >= 0.3 is 12.1 Å². The molecule has 3 saturated heterocycles. The molecular weight excluding hydrogens is 860 g/mol. The standard InChI is InChI=1S/C43H56Br2N4O8/c1-2-56-39(51)12-11-38(50)47-21-15-30(16-22-47)31-17-23-48(24-18-31)42(54)37(27-29-25-34(44)40(52)35(45)26-29)57-43(55)49-19-13-28(14-20-49)7-8-33-10-9-32-5-3-4-6-36(32)46-41(33)53/h3-6,25-26,28,30-31,33,37,52H,2,7-24,27H2,1H3,(H,46,53)/t33?,37-/m1/s1. The number of likely N-dealkylation sites (tertiary alicyclic amines) is 3. The smallest absolute Gasteiger partial charge is 0.410 e. The predicted octanol–water partition coefficient (Wildman–Crippen LogP) is 7.48. The molecule has 0 aromatic heterocycles. The van der Waals surface area contributed by atoms with Gasteiger partial charge in [-0.3, -0.25) is 19.2 Å². The van der Waals surface area contributed by atoms with Crippen LogP contribution in [-0.2, 0) is 41.5 Å². The number of amides is 4. The lowest BCUT2D eigenvalue weighted by molar-refractivity contribution is -0.146. The summed E-state index contributed by atoms with van der Waals surface area (Å²) in [5.74, 6) is 0.844. The Hall–Kier alpha value is -3.65. The molecule has 0 spiro atoms. The molecule has 0 radical (unpaired) electrons. The van der Waals surface area contributed by atoms with E-state index in [2.05, 4.69) is 43.2 Å². The number of anilines is 1. The third kappa shape index (κ3) is 11.5. The van der Waals surface area contributed by atoms with Crippen molar-refractivity contribution in [3.05, 3.63) is 56.5 Å². The SMILES string of the molecule is CCOC(=O)CCC(=O)N1CCC(C2CCN(C(=O)[C@@H](Cc3cc(Br)c(O)c(Br)c3)OC(=O)N3CCC(CCC4CCc5ccccc5NC4=O)CC3)CC2)CC1. The molecular formula is C43H56Br2N4O8. The van der Waals surface area contributed by atoms with Crippen LogP contribution in [0.15, 0.2) is 45.3 Å². The maximum Gasteiger partial charge on any atom is 0.410 e. The number of carbonyl (C=O) groups excluding carboxylic acids is 5. The molecule has 14 heteroatoms. The van der Waals surface area contributed by atoms with Gasteiger partial charge in [-0.05, 0) is 150 Å². The van der Waals surface area contributed by atoms with Crippen LogP contribution in [0, 0.1) is 23.7 Å². The molecule has 2 N–H and O–H groups in total. The summed E-state index contributed by atoms with van der Waals surface area (Å²) in [7, 11) is 0. The highest BCUT2D eigenvalue weighted by Gasteiger charge is 2.36. The normalized spacial score (nSPS) is 20.3. The van der Waals surface area contributed by atoms with E-state index in [4.69, 9.17) is 9.47 Å². The van der Waals surface area contributed by atoms with Crippen molar-refractivity contribution < 1.29 is 38.6 Å². The first kappa shape index (κ1) is 42.9. The van der Waals surface area contributed by atoms with Crippen LogP contribution in [0.25, 0.3) is 0 Å². The minimum atomic E-state index is -1.03. The number of phenols is 1. The minimum Gasteiger partial charge on any atom is -0.506 e. The summed E-state index contributed by atoms with van der Waals surface area (Å²) in [6.45, 7) is 5.60. The molecule has 4 heterocycles. The van der Waals surface area contributed by atoms with Crippen molar-refractivity contribution in [3.63, 3.8) is 0 Å². The number of piperidine rings is 3. The minimum absolute atomic E-state index is 0.00746. The summed E-state index contributed by atoms with van der Waals surface area (Å²) in [6, 6.07) is 11.5. The van der Waals surface area contributed by atoms with Gasteiger partial charge in [-0.1, -0.05) is 18.2 Å². The number of aromatic hydroxyl groups is 1. The van der Waals surface area contributed by atoms with Crippen molar-refractivity contribution in [1.82, 2.24) is 14.7 Å². The lowest BCUT2D eigenvalue weighted by Gasteiger charge is -2.41. The van der Waals surface area contributed by atoms with Crippen molar-refractivity contribution in [2.45, 2.75) is 96.5 Å². The molecule has 0 saturated carbocycles. The molecule has 1 unspecified atom stereocenters. The molecule has 2 aromatic rings. The second-order valence-electron chi connectivity index (χ2n) is 16.1. The first-order chi connectivity index (χ1) is 27.5. The highest BCUT2D eigenvalue weighted by Crippen LogP contribution is 2.36. The number of nitrogens with zero attached hydrogens (tertiary/aromatic N) is 3. The van der Waals surface area contributed by atoms with Crippen molar-refractivity contribution in [2.24, 2.45) is 23.7 Å². The third-order valence-corrected chi connectivity index (χ3v) is 13.7. The first-order valence-electron chi connectivity index (χ1n) is 20.7. The van der Waals surface area contributed by atoms with E-state index in [1.807, 2.05) is 28.0 Å². The summed E-state index contributed by atoms with van der Waals surface area (Å²) in [6.07, 6.45) is 7.47. The van der Waals surface area contributed by atoms with Gasteiger partial charge in [0.2, 0.25) is 11.8 Å². The molecule has 3 fully saturated rings. The monoisotopic (exact) mass is 914 g/mol. The number of hydrogen-bond donors (Lipinski definition) is 2. The molecule has 0 bridgehead atoms. The average molecular weight is 917 g/mol. The fourth-order valence-corrected chi connectivity index (χ4v) is 10.3. The Morgan fingerprint density at radius 1 is 0.825 bits per heavy atom. The van der Waals surface area contributed by atoms with E-state index in [0.717, 1.165) is 75.5 Å². The molecule has 0 aliphatic carbocycles. The molecule has 57 heavy (non-hydrogen) atoms. The molecule has 310 valence electrons.